The highest BCUT2D eigenvalue weighted by Gasteiger charge is 2.71. The van der Waals surface area contributed by atoms with Crippen LogP contribution in [0.5, 0.6) is 0 Å². The molecule has 12 heteroatoms. The average molecular weight is 449 g/mol. The average Bonchev–Trinajstić information content (AvgIpc) is 2.92. The molecule has 0 spiro atoms. The van der Waals surface area contributed by atoms with E-state index >= 15 is 0 Å². The standard InChI is InChI=1S/C19H32FN3O8/c1-4-5-6-7-8-14(20)23(30)18(28)15(25)13(10-24)31-19(18,29)22-9-12(11(2)3)16(26)21-17(22)27/h9,11,13-15,24-25,28-30H,4-8,10H2,1-3H3,(H,21,26,27)/t13-,14?,15-,18-,19-/m1/s1. The number of nitrogens with zero attached hydrogens (tertiary/aromatic N) is 2. The first kappa shape index (κ1) is 25.6. The lowest BCUT2D eigenvalue weighted by molar-refractivity contribution is -0.428. The lowest BCUT2D eigenvalue weighted by atomic mass is 9.99. The third kappa shape index (κ3) is 4.46. The van der Waals surface area contributed by atoms with Gasteiger partial charge in [0, 0.05) is 11.8 Å². The van der Waals surface area contributed by atoms with Crippen LogP contribution in [0.1, 0.15) is 64.4 Å². The van der Waals surface area contributed by atoms with Gasteiger partial charge in [-0.15, -0.1) is 5.06 Å². The van der Waals surface area contributed by atoms with E-state index in [-0.39, 0.29) is 17.0 Å². The monoisotopic (exact) mass is 449 g/mol. The molecule has 1 saturated heterocycles. The van der Waals surface area contributed by atoms with Crippen LogP contribution in [0.25, 0.3) is 0 Å². The molecule has 1 fully saturated rings. The first-order valence-electron chi connectivity index (χ1n) is 10.4. The highest BCUT2D eigenvalue weighted by atomic mass is 19.1. The van der Waals surface area contributed by atoms with Gasteiger partial charge >= 0.3 is 11.6 Å². The molecule has 2 heterocycles. The summed E-state index contributed by atoms with van der Waals surface area (Å²) < 4.78 is 20.3. The highest BCUT2D eigenvalue weighted by molar-refractivity contribution is 5.13. The Balaban J connectivity index is 2.55. The number of halogens is 1. The normalized spacial score (nSPS) is 29.8. The van der Waals surface area contributed by atoms with Crippen LogP contribution in [0.2, 0.25) is 0 Å². The van der Waals surface area contributed by atoms with Crippen molar-refractivity contribution in [3.63, 3.8) is 0 Å². The van der Waals surface area contributed by atoms with E-state index in [1.165, 1.54) is 0 Å². The van der Waals surface area contributed by atoms with Gasteiger partial charge in [0.25, 0.3) is 5.56 Å². The number of hydrogen-bond acceptors (Lipinski definition) is 9. The van der Waals surface area contributed by atoms with Crippen molar-refractivity contribution in [1.29, 1.82) is 0 Å². The molecular weight excluding hydrogens is 417 g/mol. The molecule has 0 radical (unpaired) electrons. The summed E-state index contributed by atoms with van der Waals surface area (Å²) in [5, 5.41) is 52.5. The van der Waals surface area contributed by atoms with Crippen LogP contribution >= 0.6 is 0 Å². The Labute approximate surface area is 178 Å². The molecule has 0 aromatic carbocycles. The highest BCUT2D eigenvalue weighted by Crippen LogP contribution is 2.44. The first-order valence-corrected chi connectivity index (χ1v) is 10.4. The predicted octanol–water partition coefficient (Wildman–Crippen LogP) is -0.340. The minimum atomic E-state index is -3.29. The largest absolute Gasteiger partial charge is 0.394 e. The van der Waals surface area contributed by atoms with Gasteiger partial charge in [-0.05, 0) is 18.8 Å². The topological polar surface area (TPSA) is 168 Å². The lowest BCUT2D eigenvalue weighted by Gasteiger charge is -2.43. The molecule has 0 amide bonds. The molecule has 1 aliphatic heterocycles. The number of alkyl halides is 1. The second-order valence-electron chi connectivity index (χ2n) is 8.11. The van der Waals surface area contributed by atoms with E-state index in [2.05, 4.69) is 0 Å². The zero-order valence-corrected chi connectivity index (χ0v) is 17.9. The summed E-state index contributed by atoms with van der Waals surface area (Å²) in [4.78, 5) is 26.5. The predicted molar refractivity (Wildman–Crippen MR) is 106 cm³/mol. The Bertz CT molecular complexity index is 861. The van der Waals surface area contributed by atoms with Crippen molar-refractivity contribution in [2.75, 3.05) is 6.61 Å². The molecule has 11 nitrogen and oxygen atoms in total. The smallest absolute Gasteiger partial charge is 0.332 e. The van der Waals surface area contributed by atoms with E-state index in [4.69, 9.17) is 4.74 Å². The number of aliphatic hydroxyl groups excluding tert-OH is 2. The van der Waals surface area contributed by atoms with Crippen molar-refractivity contribution in [1.82, 2.24) is 14.6 Å². The minimum absolute atomic E-state index is 0.0155. The molecule has 1 unspecified atom stereocenters. The van der Waals surface area contributed by atoms with Crippen LogP contribution in [0.15, 0.2) is 15.8 Å². The molecule has 178 valence electrons. The SMILES string of the molecule is CCCCCCC(F)N(O)[C@@]1(O)[C@H](O)[C@@H](CO)O[C@@]1(O)n1cc(C(C)C)c(=O)[nH]c1=O. The fourth-order valence-corrected chi connectivity index (χ4v) is 3.67. The molecule has 0 saturated carbocycles. The fraction of sp³-hybridized carbons (Fsp3) is 0.789. The minimum Gasteiger partial charge on any atom is -0.394 e. The van der Waals surface area contributed by atoms with E-state index in [1.54, 1.807) is 13.8 Å². The number of hydrogen-bond donors (Lipinski definition) is 6. The lowest BCUT2D eigenvalue weighted by Crippen LogP contribution is -2.69. The molecule has 1 aromatic rings. The Morgan fingerprint density at radius 1 is 1.29 bits per heavy atom. The second-order valence-corrected chi connectivity index (χ2v) is 8.11. The third-order valence-corrected chi connectivity index (χ3v) is 5.57. The Hall–Kier alpha value is -1.67. The number of aromatic nitrogens is 2. The Morgan fingerprint density at radius 2 is 1.94 bits per heavy atom. The van der Waals surface area contributed by atoms with Gasteiger partial charge in [0.05, 0.1) is 6.61 Å². The number of unbranched alkanes of at least 4 members (excludes halogenated alkanes) is 3. The van der Waals surface area contributed by atoms with Crippen LogP contribution in [-0.2, 0) is 10.6 Å². The summed E-state index contributed by atoms with van der Waals surface area (Å²) in [6.45, 7) is 4.29. The molecule has 0 bridgehead atoms. The summed E-state index contributed by atoms with van der Waals surface area (Å²) >= 11 is 0. The Kier molecular flexibility index (Phi) is 8.14. The van der Waals surface area contributed by atoms with Gasteiger partial charge in [0.1, 0.15) is 12.2 Å². The summed E-state index contributed by atoms with van der Waals surface area (Å²) in [7, 11) is 0. The van der Waals surface area contributed by atoms with Crippen molar-refractivity contribution in [3.05, 3.63) is 32.6 Å². The van der Waals surface area contributed by atoms with Gasteiger partial charge < -0.3 is 30.4 Å². The van der Waals surface area contributed by atoms with E-state index in [9.17, 15) is 39.6 Å². The van der Waals surface area contributed by atoms with E-state index < -0.39 is 53.9 Å². The van der Waals surface area contributed by atoms with Crippen LogP contribution in [0.4, 0.5) is 4.39 Å². The zero-order chi connectivity index (χ0) is 23.6. The third-order valence-electron chi connectivity index (χ3n) is 5.57. The number of rotatable bonds is 10. The van der Waals surface area contributed by atoms with Crippen molar-refractivity contribution in [2.45, 2.75) is 88.9 Å². The van der Waals surface area contributed by atoms with Crippen molar-refractivity contribution in [2.24, 2.45) is 0 Å². The number of hydroxylamine groups is 2. The van der Waals surface area contributed by atoms with Crippen LogP contribution in [0, 0.1) is 0 Å². The number of aliphatic hydroxyl groups is 4. The van der Waals surface area contributed by atoms with Crippen molar-refractivity contribution < 1.29 is 34.8 Å². The molecule has 0 aliphatic carbocycles. The van der Waals surface area contributed by atoms with Crippen LogP contribution in [-0.4, -0.2) is 71.1 Å². The molecule has 5 atom stereocenters. The first-order chi connectivity index (χ1) is 14.4. The fourth-order valence-electron chi connectivity index (χ4n) is 3.67. The van der Waals surface area contributed by atoms with Gasteiger partial charge in [-0.1, -0.05) is 40.0 Å². The van der Waals surface area contributed by atoms with Gasteiger partial charge in [0.2, 0.25) is 5.72 Å². The maximum Gasteiger partial charge on any atom is 0.332 e. The van der Waals surface area contributed by atoms with E-state index in [0.717, 1.165) is 19.0 Å². The number of nitrogens with one attached hydrogen (secondary N) is 1. The van der Waals surface area contributed by atoms with E-state index in [1.807, 2.05) is 11.9 Å². The summed E-state index contributed by atoms with van der Waals surface area (Å²) in [6.07, 6.45) is -2.78. The van der Waals surface area contributed by atoms with E-state index in [0.29, 0.717) is 17.4 Å². The number of ether oxygens (including phenoxy) is 1. The summed E-state index contributed by atoms with van der Waals surface area (Å²) in [6, 6.07) is 0. The molecule has 1 aliphatic rings. The van der Waals surface area contributed by atoms with Gasteiger partial charge in [-0.2, -0.15) is 0 Å². The van der Waals surface area contributed by atoms with Gasteiger partial charge in [0.15, 0.2) is 6.30 Å². The van der Waals surface area contributed by atoms with Crippen LogP contribution in [0.3, 0.4) is 0 Å². The number of H-pyrrole nitrogens is 1. The Morgan fingerprint density at radius 3 is 2.48 bits per heavy atom. The molecule has 2 rings (SSSR count). The van der Waals surface area contributed by atoms with Gasteiger partial charge in [-0.3, -0.25) is 9.78 Å². The molecule has 6 N–H and O–H groups in total. The van der Waals surface area contributed by atoms with Crippen LogP contribution < -0.4 is 11.2 Å². The van der Waals surface area contributed by atoms with Crippen molar-refractivity contribution in [3.8, 4) is 0 Å². The molecule has 31 heavy (non-hydrogen) atoms. The number of aromatic amines is 1. The maximum absolute atomic E-state index is 14.8. The zero-order valence-electron chi connectivity index (χ0n) is 17.9. The molecule has 1 aromatic heterocycles. The quantitative estimate of drug-likeness (QED) is 0.121. The van der Waals surface area contributed by atoms with Gasteiger partial charge in [-0.25, -0.2) is 13.8 Å². The summed E-state index contributed by atoms with van der Waals surface area (Å²) in [5.41, 5.74) is -5.27. The van der Waals surface area contributed by atoms with Crippen molar-refractivity contribution >= 4 is 0 Å². The summed E-state index contributed by atoms with van der Waals surface area (Å²) in [5.74, 6) is -3.67. The molecular formula is C19H32FN3O8. The second kappa shape index (κ2) is 9.86. The maximum atomic E-state index is 14.8.